The van der Waals surface area contributed by atoms with Gasteiger partial charge in [0, 0.05) is 41.9 Å². The Morgan fingerprint density at radius 2 is 1.47 bits per heavy atom. The third kappa shape index (κ3) is 4.85. The number of rotatable bonds is 6. The highest BCUT2D eigenvalue weighted by atomic mass is 79.9. The lowest BCUT2D eigenvalue weighted by atomic mass is 10.2. The van der Waals surface area contributed by atoms with E-state index in [1.807, 2.05) is 60.4 Å². The molecule has 1 aliphatic heterocycles. The Bertz CT molecular complexity index is 1440. The molecule has 0 N–H and O–H groups in total. The van der Waals surface area contributed by atoms with Gasteiger partial charge >= 0.3 is 0 Å². The SMILES string of the molecule is COc1ccc(N2CCN(c3oc(-c4ccc(Br)cc4)nc3S(=O)(=O)c3ccc(C)cc3)CC2)cc1. The molecule has 3 aromatic carbocycles. The number of aromatic nitrogens is 1. The molecule has 1 fully saturated rings. The zero-order chi connectivity index (χ0) is 25.3. The summed E-state index contributed by atoms with van der Waals surface area (Å²) >= 11 is 3.43. The van der Waals surface area contributed by atoms with Gasteiger partial charge in [-0.15, -0.1) is 0 Å². The predicted molar refractivity (Wildman–Crippen MR) is 144 cm³/mol. The molecule has 0 spiro atoms. The van der Waals surface area contributed by atoms with Crippen LogP contribution in [0.25, 0.3) is 11.5 Å². The maximum Gasteiger partial charge on any atom is 0.236 e. The van der Waals surface area contributed by atoms with E-state index in [0.717, 1.165) is 21.5 Å². The highest BCUT2D eigenvalue weighted by Gasteiger charge is 2.33. The van der Waals surface area contributed by atoms with Gasteiger partial charge in [-0.3, -0.25) is 0 Å². The quantitative estimate of drug-likeness (QED) is 0.301. The Hall–Kier alpha value is -3.30. The van der Waals surface area contributed by atoms with Crippen molar-refractivity contribution >= 4 is 37.3 Å². The topological polar surface area (TPSA) is 75.9 Å². The summed E-state index contributed by atoms with van der Waals surface area (Å²) < 4.78 is 39.7. The molecule has 7 nitrogen and oxygen atoms in total. The minimum Gasteiger partial charge on any atom is -0.497 e. The van der Waals surface area contributed by atoms with Crippen LogP contribution in [0, 0.1) is 6.92 Å². The summed E-state index contributed by atoms with van der Waals surface area (Å²) in [6, 6.07) is 22.2. The Morgan fingerprint density at radius 3 is 2.08 bits per heavy atom. The van der Waals surface area contributed by atoms with Gasteiger partial charge in [0.25, 0.3) is 0 Å². The van der Waals surface area contributed by atoms with E-state index in [2.05, 4.69) is 25.8 Å². The van der Waals surface area contributed by atoms with Gasteiger partial charge < -0.3 is 19.0 Å². The maximum atomic E-state index is 13.7. The van der Waals surface area contributed by atoms with Crippen molar-refractivity contribution in [3.63, 3.8) is 0 Å². The van der Waals surface area contributed by atoms with Gasteiger partial charge in [-0.05, 0) is 67.6 Å². The van der Waals surface area contributed by atoms with Gasteiger partial charge in [-0.1, -0.05) is 33.6 Å². The number of anilines is 2. The second-order valence-electron chi connectivity index (χ2n) is 8.62. The average Bonchev–Trinajstić information content (AvgIpc) is 3.36. The van der Waals surface area contributed by atoms with Crippen molar-refractivity contribution < 1.29 is 17.6 Å². The summed E-state index contributed by atoms with van der Waals surface area (Å²) in [6.07, 6.45) is 0. The average molecular weight is 568 g/mol. The number of hydrogen-bond donors (Lipinski definition) is 0. The van der Waals surface area contributed by atoms with E-state index in [-0.39, 0.29) is 21.7 Å². The van der Waals surface area contributed by atoms with E-state index >= 15 is 0 Å². The summed E-state index contributed by atoms with van der Waals surface area (Å²) in [5, 5.41) is -0.0535. The van der Waals surface area contributed by atoms with E-state index in [0.29, 0.717) is 31.7 Å². The van der Waals surface area contributed by atoms with Gasteiger partial charge in [0.2, 0.25) is 26.6 Å². The van der Waals surface area contributed by atoms with E-state index < -0.39 is 9.84 Å². The zero-order valence-electron chi connectivity index (χ0n) is 20.0. The first-order valence-corrected chi connectivity index (χ1v) is 13.9. The molecule has 0 radical (unpaired) electrons. The minimum absolute atomic E-state index is 0.0535. The van der Waals surface area contributed by atoms with E-state index in [9.17, 15) is 8.42 Å². The minimum atomic E-state index is -3.89. The summed E-state index contributed by atoms with van der Waals surface area (Å²) in [6.45, 7) is 4.54. The smallest absolute Gasteiger partial charge is 0.236 e. The second-order valence-corrected chi connectivity index (χ2v) is 11.4. The third-order valence-electron chi connectivity index (χ3n) is 6.26. The van der Waals surface area contributed by atoms with Gasteiger partial charge in [0.1, 0.15) is 5.75 Å². The summed E-state index contributed by atoms with van der Waals surface area (Å²) in [5.41, 5.74) is 2.79. The number of methoxy groups -OCH3 is 1. The van der Waals surface area contributed by atoms with Crippen LogP contribution < -0.4 is 14.5 Å². The molecule has 0 bridgehead atoms. The molecule has 0 atom stereocenters. The van der Waals surface area contributed by atoms with Gasteiger partial charge in [0.05, 0.1) is 12.0 Å². The van der Waals surface area contributed by atoms with Gasteiger partial charge in [0.15, 0.2) is 0 Å². The first kappa shape index (κ1) is 24.4. The Balaban J connectivity index is 1.48. The van der Waals surface area contributed by atoms with Crippen molar-refractivity contribution in [2.24, 2.45) is 0 Å². The van der Waals surface area contributed by atoms with Crippen molar-refractivity contribution in [3.8, 4) is 17.2 Å². The molecule has 1 saturated heterocycles. The Labute approximate surface area is 219 Å². The highest BCUT2D eigenvalue weighted by Crippen LogP contribution is 2.36. The molecule has 0 amide bonds. The summed E-state index contributed by atoms with van der Waals surface area (Å²) in [5.74, 6) is 1.37. The van der Waals surface area contributed by atoms with Crippen molar-refractivity contribution in [3.05, 3.63) is 82.8 Å². The molecule has 36 heavy (non-hydrogen) atoms. The molecule has 1 aliphatic rings. The van der Waals surface area contributed by atoms with E-state index in [1.54, 1.807) is 31.4 Å². The lowest BCUT2D eigenvalue weighted by molar-refractivity contribution is 0.415. The number of oxazole rings is 1. The monoisotopic (exact) mass is 567 g/mol. The van der Waals surface area contributed by atoms with Crippen LogP contribution in [-0.4, -0.2) is 46.7 Å². The maximum absolute atomic E-state index is 13.7. The normalized spacial score (nSPS) is 14.2. The van der Waals surface area contributed by atoms with Crippen LogP contribution in [0.3, 0.4) is 0 Å². The fraction of sp³-hybridized carbons (Fsp3) is 0.222. The molecule has 186 valence electrons. The second kappa shape index (κ2) is 9.99. The third-order valence-corrected chi connectivity index (χ3v) is 8.46. The molecule has 5 rings (SSSR count). The van der Waals surface area contributed by atoms with E-state index in [4.69, 9.17) is 9.15 Å². The number of nitrogens with zero attached hydrogens (tertiary/aromatic N) is 3. The van der Waals surface area contributed by atoms with Crippen LogP contribution in [0.5, 0.6) is 5.75 Å². The van der Waals surface area contributed by atoms with Crippen molar-refractivity contribution in [1.29, 1.82) is 0 Å². The number of sulfone groups is 1. The van der Waals surface area contributed by atoms with Gasteiger partial charge in [-0.2, -0.15) is 4.98 Å². The number of aryl methyl sites for hydroxylation is 1. The molecule has 0 aliphatic carbocycles. The number of piperazine rings is 1. The van der Waals surface area contributed by atoms with Gasteiger partial charge in [-0.25, -0.2) is 8.42 Å². The van der Waals surface area contributed by atoms with Crippen LogP contribution in [0.2, 0.25) is 0 Å². The number of halogens is 1. The molecular formula is C27H26BrN3O4S. The lowest BCUT2D eigenvalue weighted by Gasteiger charge is -2.36. The molecule has 9 heteroatoms. The molecule has 4 aromatic rings. The highest BCUT2D eigenvalue weighted by molar-refractivity contribution is 9.10. The van der Waals surface area contributed by atoms with Crippen LogP contribution in [0.15, 0.2) is 91.6 Å². The summed E-state index contributed by atoms with van der Waals surface area (Å²) in [4.78, 5) is 8.94. The molecule has 0 saturated carbocycles. The Kier molecular flexibility index (Phi) is 6.77. The van der Waals surface area contributed by atoms with Crippen molar-refractivity contribution in [2.45, 2.75) is 16.8 Å². The fourth-order valence-electron chi connectivity index (χ4n) is 4.18. The van der Waals surface area contributed by atoms with Crippen LogP contribution in [-0.2, 0) is 9.84 Å². The van der Waals surface area contributed by atoms with Crippen LogP contribution >= 0.6 is 15.9 Å². The standard InChI is InChI=1S/C27H26BrN3O4S/c1-19-3-13-24(14-4-19)36(32,33)26-27(35-25(29-26)20-5-7-21(28)8-6-20)31-17-15-30(16-18-31)22-9-11-23(34-2)12-10-22/h3-14H,15-18H2,1-2H3. The fourth-order valence-corrected chi connectivity index (χ4v) is 5.76. The summed E-state index contributed by atoms with van der Waals surface area (Å²) in [7, 11) is -2.24. The van der Waals surface area contributed by atoms with E-state index in [1.165, 1.54) is 0 Å². The largest absolute Gasteiger partial charge is 0.497 e. The first-order chi connectivity index (χ1) is 17.3. The number of ether oxygens (including phenoxy) is 1. The first-order valence-electron chi connectivity index (χ1n) is 11.6. The van der Waals surface area contributed by atoms with Crippen molar-refractivity contribution in [1.82, 2.24) is 4.98 Å². The zero-order valence-corrected chi connectivity index (χ0v) is 22.4. The van der Waals surface area contributed by atoms with Crippen molar-refractivity contribution in [2.75, 3.05) is 43.1 Å². The van der Waals surface area contributed by atoms with Crippen LogP contribution in [0.4, 0.5) is 11.6 Å². The molecule has 2 heterocycles. The van der Waals surface area contributed by atoms with Crippen LogP contribution in [0.1, 0.15) is 5.56 Å². The number of benzene rings is 3. The molecule has 1 aromatic heterocycles. The molecular weight excluding hydrogens is 542 g/mol. The predicted octanol–water partition coefficient (Wildman–Crippen LogP) is 5.58. The molecule has 0 unspecified atom stereocenters. The Morgan fingerprint density at radius 1 is 0.861 bits per heavy atom. The number of hydrogen-bond acceptors (Lipinski definition) is 7. The lowest BCUT2D eigenvalue weighted by Crippen LogP contribution is -2.46.